The van der Waals surface area contributed by atoms with E-state index in [0.29, 0.717) is 0 Å². The molecule has 2 aromatic rings. The third-order valence-electron chi connectivity index (χ3n) is 2.29. The summed E-state index contributed by atoms with van der Waals surface area (Å²) in [5.41, 5.74) is 4.78. The van der Waals surface area contributed by atoms with Crippen LogP contribution in [0.4, 0.5) is 4.39 Å². The number of H-pyrrole nitrogens is 1. The average molecular weight is 271 g/mol. The van der Waals surface area contributed by atoms with Crippen LogP contribution in [0.1, 0.15) is 10.5 Å². The Hall–Kier alpha value is -2.15. The SMILES string of the molecule is COc1ccc(F)c(-c2n[nH]nc2C(N)=O)c1Cl. The highest BCUT2D eigenvalue weighted by Gasteiger charge is 2.23. The lowest BCUT2D eigenvalue weighted by Crippen LogP contribution is -2.13. The Morgan fingerprint density at radius 1 is 1.50 bits per heavy atom. The first-order chi connectivity index (χ1) is 8.56. The Bertz CT molecular complexity index is 614. The average Bonchev–Trinajstić information content (AvgIpc) is 2.78. The number of methoxy groups -OCH3 is 1. The number of aromatic amines is 1. The molecule has 0 saturated carbocycles. The summed E-state index contributed by atoms with van der Waals surface area (Å²) in [4.78, 5) is 11.1. The summed E-state index contributed by atoms with van der Waals surface area (Å²) in [7, 11) is 1.39. The van der Waals surface area contributed by atoms with Gasteiger partial charge in [-0.05, 0) is 12.1 Å². The molecule has 0 aliphatic rings. The molecule has 94 valence electrons. The van der Waals surface area contributed by atoms with Gasteiger partial charge in [0.15, 0.2) is 5.69 Å². The molecule has 3 N–H and O–H groups in total. The van der Waals surface area contributed by atoms with Gasteiger partial charge in [0.1, 0.15) is 17.3 Å². The first kappa shape index (κ1) is 12.3. The fraction of sp³-hybridized carbons (Fsp3) is 0.100. The number of halogens is 2. The summed E-state index contributed by atoms with van der Waals surface area (Å²) in [6.45, 7) is 0. The van der Waals surface area contributed by atoms with Crippen LogP contribution in [0.3, 0.4) is 0 Å². The summed E-state index contributed by atoms with van der Waals surface area (Å²) in [6, 6.07) is 2.52. The first-order valence-corrected chi connectivity index (χ1v) is 5.17. The number of primary amides is 1. The van der Waals surface area contributed by atoms with Gasteiger partial charge in [0.2, 0.25) is 0 Å². The zero-order valence-electron chi connectivity index (χ0n) is 9.20. The van der Waals surface area contributed by atoms with Crippen LogP contribution < -0.4 is 10.5 Å². The van der Waals surface area contributed by atoms with Crippen molar-refractivity contribution in [1.29, 1.82) is 0 Å². The number of hydrogen-bond acceptors (Lipinski definition) is 4. The number of amides is 1. The van der Waals surface area contributed by atoms with Crippen molar-refractivity contribution >= 4 is 17.5 Å². The Balaban J connectivity index is 2.70. The Morgan fingerprint density at radius 3 is 2.83 bits per heavy atom. The van der Waals surface area contributed by atoms with Gasteiger partial charge < -0.3 is 10.5 Å². The molecule has 1 aromatic carbocycles. The van der Waals surface area contributed by atoms with Crippen LogP contribution in [0, 0.1) is 5.82 Å². The minimum absolute atomic E-state index is 0.00565. The Labute approximate surface area is 106 Å². The van der Waals surface area contributed by atoms with Crippen molar-refractivity contribution in [2.24, 2.45) is 5.73 Å². The Morgan fingerprint density at radius 2 is 2.22 bits per heavy atom. The lowest BCUT2D eigenvalue weighted by atomic mass is 10.1. The first-order valence-electron chi connectivity index (χ1n) is 4.79. The third-order valence-corrected chi connectivity index (χ3v) is 2.67. The van der Waals surface area contributed by atoms with E-state index in [-0.39, 0.29) is 27.7 Å². The maximum absolute atomic E-state index is 13.8. The smallest absolute Gasteiger partial charge is 0.271 e. The number of aromatic nitrogens is 3. The van der Waals surface area contributed by atoms with Gasteiger partial charge in [-0.2, -0.15) is 15.4 Å². The number of carbonyl (C=O) groups excluding carboxylic acids is 1. The van der Waals surface area contributed by atoms with Gasteiger partial charge in [0.05, 0.1) is 17.7 Å². The number of benzene rings is 1. The minimum atomic E-state index is -0.836. The lowest BCUT2D eigenvalue weighted by Gasteiger charge is -2.08. The predicted octanol–water partition coefficient (Wildman–Crippen LogP) is 1.37. The number of nitrogens with two attached hydrogens (primary N) is 1. The van der Waals surface area contributed by atoms with E-state index in [9.17, 15) is 9.18 Å². The van der Waals surface area contributed by atoms with Crippen LogP contribution in [0.15, 0.2) is 12.1 Å². The Kier molecular flexibility index (Phi) is 3.15. The fourth-order valence-corrected chi connectivity index (χ4v) is 1.81. The molecular formula is C10H8ClFN4O2. The second kappa shape index (κ2) is 4.61. The molecular weight excluding hydrogens is 263 g/mol. The normalized spacial score (nSPS) is 10.4. The van der Waals surface area contributed by atoms with E-state index in [1.165, 1.54) is 13.2 Å². The molecule has 0 aliphatic carbocycles. The van der Waals surface area contributed by atoms with Crippen molar-refractivity contribution in [1.82, 2.24) is 15.4 Å². The van der Waals surface area contributed by atoms with E-state index in [2.05, 4.69) is 15.4 Å². The summed E-state index contributed by atoms with van der Waals surface area (Å²) in [5, 5.41) is 9.44. The number of hydrogen-bond donors (Lipinski definition) is 2. The zero-order valence-corrected chi connectivity index (χ0v) is 9.95. The van der Waals surface area contributed by atoms with E-state index in [0.717, 1.165) is 6.07 Å². The topological polar surface area (TPSA) is 93.9 Å². The van der Waals surface area contributed by atoms with Gasteiger partial charge in [-0.1, -0.05) is 11.6 Å². The summed E-state index contributed by atoms with van der Waals surface area (Å²) >= 11 is 5.98. The lowest BCUT2D eigenvalue weighted by molar-refractivity contribution is 0.0996. The van der Waals surface area contributed by atoms with E-state index in [1.807, 2.05) is 0 Å². The van der Waals surface area contributed by atoms with Crippen molar-refractivity contribution in [3.63, 3.8) is 0 Å². The van der Waals surface area contributed by atoms with Crippen LogP contribution in [0.5, 0.6) is 5.75 Å². The molecule has 2 rings (SSSR count). The van der Waals surface area contributed by atoms with Crippen LogP contribution in [0.2, 0.25) is 5.02 Å². The molecule has 8 heteroatoms. The highest BCUT2D eigenvalue weighted by atomic mass is 35.5. The molecule has 0 unspecified atom stereocenters. The molecule has 0 atom stereocenters. The van der Waals surface area contributed by atoms with E-state index in [1.54, 1.807) is 0 Å². The number of ether oxygens (including phenoxy) is 1. The molecule has 0 fully saturated rings. The molecule has 1 aromatic heterocycles. The van der Waals surface area contributed by atoms with E-state index in [4.69, 9.17) is 22.1 Å². The fourth-order valence-electron chi connectivity index (χ4n) is 1.49. The predicted molar refractivity (Wildman–Crippen MR) is 61.9 cm³/mol. The maximum Gasteiger partial charge on any atom is 0.271 e. The van der Waals surface area contributed by atoms with Crippen molar-refractivity contribution < 1.29 is 13.9 Å². The van der Waals surface area contributed by atoms with Gasteiger partial charge in [0, 0.05) is 0 Å². The van der Waals surface area contributed by atoms with Gasteiger partial charge >= 0.3 is 0 Å². The molecule has 6 nitrogen and oxygen atoms in total. The standard InChI is InChI=1S/C10H8ClFN4O2/c1-18-5-3-2-4(12)6(7(5)11)8-9(10(13)17)15-16-14-8/h2-3H,1H3,(H2,13,17)(H,14,15,16). The van der Waals surface area contributed by atoms with Crippen LogP contribution in [0.25, 0.3) is 11.3 Å². The minimum Gasteiger partial charge on any atom is -0.495 e. The molecule has 0 spiro atoms. The van der Waals surface area contributed by atoms with Crippen LogP contribution >= 0.6 is 11.6 Å². The summed E-state index contributed by atoms with van der Waals surface area (Å²) < 4.78 is 18.8. The summed E-state index contributed by atoms with van der Waals surface area (Å²) in [6.07, 6.45) is 0. The number of nitrogens with zero attached hydrogens (tertiary/aromatic N) is 2. The number of rotatable bonds is 3. The molecule has 0 bridgehead atoms. The van der Waals surface area contributed by atoms with Gasteiger partial charge in [-0.15, -0.1) is 0 Å². The van der Waals surface area contributed by atoms with Crippen molar-refractivity contribution in [2.45, 2.75) is 0 Å². The van der Waals surface area contributed by atoms with Gasteiger partial charge in [0.25, 0.3) is 5.91 Å². The highest BCUT2D eigenvalue weighted by Crippen LogP contribution is 2.37. The largest absolute Gasteiger partial charge is 0.495 e. The van der Waals surface area contributed by atoms with Gasteiger partial charge in [-0.3, -0.25) is 4.79 Å². The zero-order chi connectivity index (χ0) is 13.3. The van der Waals surface area contributed by atoms with Crippen molar-refractivity contribution in [2.75, 3.05) is 7.11 Å². The molecule has 0 radical (unpaired) electrons. The summed E-state index contributed by atoms with van der Waals surface area (Å²) in [5.74, 6) is -1.24. The third kappa shape index (κ3) is 1.88. The van der Waals surface area contributed by atoms with E-state index >= 15 is 0 Å². The molecule has 0 saturated heterocycles. The second-order valence-electron chi connectivity index (χ2n) is 3.32. The van der Waals surface area contributed by atoms with Crippen molar-refractivity contribution in [3.8, 4) is 17.0 Å². The molecule has 1 heterocycles. The monoisotopic (exact) mass is 270 g/mol. The molecule has 18 heavy (non-hydrogen) atoms. The number of carbonyl (C=O) groups is 1. The van der Waals surface area contributed by atoms with Crippen LogP contribution in [-0.4, -0.2) is 28.4 Å². The van der Waals surface area contributed by atoms with Gasteiger partial charge in [-0.25, -0.2) is 4.39 Å². The van der Waals surface area contributed by atoms with Crippen LogP contribution in [-0.2, 0) is 0 Å². The molecule has 1 amide bonds. The second-order valence-corrected chi connectivity index (χ2v) is 3.70. The van der Waals surface area contributed by atoms with E-state index < -0.39 is 11.7 Å². The maximum atomic E-state index is 13.8. The highest BCUT2D eigenvalue weighted by molar-refractivity contribution is 6.35. The quantitative estimate of drug-likeness (QED) is 0.881. The number of nitrogens with one attached hydrogen (secondary N) is 1. The molecule has 0 aliphatic heterocycles. The van der Waals surface area contributed by atoms with Crippen molar-refractivity contribution in [3.05, 3.63) is 28.7 Å².